The highest BCUT2D eigenvalue weighted by Crippen LogP contribution is 2.24. The third kappa shape index (κ3) is 2.87. The molecule has 1 atom stereocenters. The second-order valence-electron chi connectivity index (χ2n) is 4.61. The van der Waals surface area contributed by atoms with E-state index < -0.39 is 5.97 Å². The minimum Gasteiger partial charge on any atom is -0.481 e. The van der Waals surface area contributed by atoms with E-state index in [1.54, 1.807) is 5.51 Å². The van der Waals surface area contributed by atoms with Crippen molar-refractivity contribution in [3.05, 3.63) is 16.1 Å². The molecule has 1 aliphatic heterocycles. The molecule has 1 N–H and O–H groups in total. The van der Waals surface area contributed by atoms with E-state index >= 15 is 0 Å². The molecule has 1 aromatic heterocycles. The predicted molar refractivity (Wildman–Crippen MR) is 67.7 cm³/mol. The maximum Gasteiger partial charge on any atom is 0.303 e. The number of nitrogens with zero attached hydrogens (tertiary/aromatic N) is 2. The highest BCUT2D eigenvalue weighted by atomic mass is 32.1. The van der Waals surface area contributed by atoms with Crippen molar-refractivity contribution in [2.24, 2.45) is 5.92 Å². The molecule has 1 unspecified atom stereocenters. The van der Waals surface area contributed by atoms with E-state index in [1.807, 2.05) is 11.8 Å². The predicted octanol–water partition coefficient (Wildman–Crippen LogP) is 1.78. The Bertz CT molecular complexity index is 458. The first kappa shape index (κ1) is 13.0. The Kier molecular flexibility index (Phi) is 3.96. The first-order valence-electron chi connectivity index (χ1n) is 5.99. The lowest BCUT2D eigenvalue weighted by Gasteiger charge is -2.15. The summed E-state index contributed by atoms with van der Waals surface area (Å²) >= 11 is 1.37. The van der Waals surface area contributed by atoms with Gasteiger partial charge in [0, 0.05) is 19.5 Å². The van der Waals surface area contributed by atoms with Crippen molar-refractivity contribution in [3.8, 4) is 0 Å². The second-order valence-corrected chi connectivity index (χ2v) is 5.46. The zero-order valence-corrected chi connectivity index (χ0v) is 11.1. The number of hydrogen-bond acceptors (Lipinski definition) is 4. The Morgan fingerprint density at radius 3 is 3.00 bits per heavy atom. The molecular formula is C12H16N2O3S. The molecule has 5 nitrogen and oxygen atoms in total. The molecule has 2 rings (SSSR count). The molecule has 0 radical (unpaired) electrons. The zero-order chi connectivity index (χ0) is 13.1. The summed E-state index contributed by atoms with van der Waals surface area (Å²) in [7, 11) is 0. The SMILES string of the molecule is Cc1ncsc1C(=O)N1CCC(CCC(=O)O)C1. The number of carbonyl (C=O) groups is 2. The van der Waals surface area contributed by atoms with Gasteiger partial charge in [0.2, 0.25) is 0 Å². The second kappa shape index (κ2) is 5.48. The smallest absolute Gasteiger partial charge is 0.303 e. The van der Waals surface area contributed by atoms with Crippen molar-refractivity contribution < 1.29 is 14.7 Å². The van der Waals surface area contributed by atoms with Crippen molar-refractivity contribution in [1.82, 2.24) is 9.88 Å². The average molecular weight is 268 g/mol. The number of thiazole rings is 1. The van der Waals surface area contributed by atoms with Crippen LogP contribution in [0.25, 0.3) is 0 Å². The lowest BCUT2D eigenvalue weighted by Crippen LogP contribution is -2.28. The average Bonchev–Trinajstić information content (AvgIpc) is 2.94. The standard InChI is InChI=1S/C12H16N2O3S/c1-8-11(18-7-13-8)12(17)14-5-4-9(6-14)2-3-10(15)16/h7,9H,2-6H2,1H3,(H,15,16). The van der Waals surface area contributed by atoms with Crippen LogP contribution in [0.4, 0.5) is 0 Å². The van der Waals surface area contributed by atoms with Gasteiger partial charge in [-0.2, -0.15) is 0 Å². The summed E-state index contributed by atoms with van der Waals surface area (Å²) in [6.07, 6.45) is 1.74. The largest absolute Gasteiger partial charge is 0.481 e. The minimum absolute atomic E-state index is 0.0350. The lowest BCUT2D eigenvalue weighted by molar-refractivity contribution is -0.137. The first-order chi connectivity index (χ1) is 8.58. The van der Waals surface area contributed by atoms with E-state index in [2.05, 4.69) is 4.98 Å². The minimum atomic E-state index is -0.766. The summed E-state index contributed by atoms with van der Waals surface area (Å²) in [6, 6.07) is 0. The molecule has 1 fully saturated rings. The van der Waals surface area contributed by atoms with Gasteiger partial charge in [-0.15, -0.1) is 11.3 Å². The number of carboxylic acids is 1. The third-order valence-electron chi connectivity index (χ3n) is 3.28. The van der Waals surface area contributed by atoms with Crippen LogP contribution in [0.3, 0.4) is 0 Å². The van der Waals surface area contributed by atoms with Crippen LogP contribution in [-0.4, -0.2) is 40.0 Å². The van der Waals surface area contributed by atoms with Crippen molar-refractivity contribution in [2.45, 2.75) is 26.2 Å². The number of likely N-dealkylation sites (tertiary alicyclic amines) is 1. The van der Waals surface area contributed by atoms with Crippen LogP contribution < -0.4 is 0 Å². The molecule has 98 valence electrons. The Labute approximate surface area is 109 Å². The molecule has 2 heterocycles. The number of hydrogen-bond donors (Lipinski definition) is 1. The molecular weight excluding hydrogens is 252 g/mol. The van der Waals surface area contributed by atoms with E-state index in [4.69, 9.17) is 5.11 Å². The van der Waals surface area contributed by atoms with Gasteiger partial charge in [-0.05, 0) is 25.7 Å². The van der Waals surface area contributed by atoms with Gasteiger partial charge >= 0.3 is 5.97 Å². The molecule has 1 aromatic rings. The fourth-order valence-corrected chi connectivity index (χ4v) is 3.00. The van der Waals surface area contributed by atoms with Crippen molar-refractivity contribution in [2.75, 3.05) is 13.1 Å². The number of carbonyl (C=O) groups excluding carboxylic acids is 1. The van der Waals surface area contributed by atoms with Crippen molar-refractivity contribution in [3.63, 3.8) is 0 Å². The highest BCUT2D eigenvalue weighted by Gasteiger charge is 2.28. The fraction of sp³-hybridized carbons (Fsp3) is 0.583. The molecule has 0 bridgehead atoms. The quantitative estimate of drug-likeness (QED) is 0.903. The maximum absolute atomic E-state index is 12.2. The zero-order valence-electron chi connectivity index (χ0n) is 10.3. The summed E-state index contributed by atoms with van der Waals surface area (Å²) < 4.78 is 0. The van der Waals surface area contributed by atoms with E-state index in [-0.39, 0.29) is 12.3 Å². The van der Waals surface area contributed by atoms with Crippen LogP contribution in [0.5, 0.6) is 0 Å². The van der Waals surface area contributed by atoms with Gasteiger partial charge in [0.05, 0.1) is 11.2 Å². The molecule has 1 saturated heterocycles. The summed E-state index contributed by atoms with van der Waals surface area (Å²) in [5, 5.41) is 8.65. The van der Waals surface area contributed by atoms with Gasteiger partial charge in [-0.1, -0.05) is 0 Å². The fourth-order valence-electron chi connectivity index (χ4n) is 2.23. The van der Waals surface area contributed by atoms with E-state index in [0.717, 1.165) is 18.7 Å². The van der Waals surface area contributed by atoms with Gasteiger partial charge < -0.3 is 10.0 Å². The molecule has 0 spiro atoms. The Morgan fingerprint density at radius 2 is 2.39 bits per heavy atom. The number of aromatic nitrogens is 1. The normalized spacial score (nSPS) is 19.2. The van der Waals surface area contributed by atoms with Gasteiger partial charge in [-0.25, -0.2) is 4.98 Å². The maximum atomic E-state index is 12.2. The molecule has 0 aliphatic carbocycles. The molecule has 1 aliphatic rings. The first-order valence-corrected chi connectivity index (χ1v) is 6.87. The van der Waals surface area contributed by atoms with Crippen LogP contribution in [0.2, 0.25) is 0 Å². The van der Waals surface area contributed by atoms with Crippen LogP contribution in [-0.2, 0) is 4.79 Å². The van der Waals surface area contributed by atoms with Gasteiger partial charge in [0.1, 0.15) is 4.88 Å². The van der Waals surface area contributed by atoms with Crippen LogP contribution in [0.1, 0.15) is 34.6 Å². The van der Waals surface area contributed by atoms with Crippen LogP contribution in [0, 0.1) is 12.8 Å². The summed E-state index contributed by atoms with van der Waals surface area (Å²) in [4.78, 5) is 29.3. The van der Waals surface area contributed by atoms with Crippen molar-refractivity contribution >= 4 is 23.2 Å². The van der Waals surface area contributed by atoms with Crippen LogP contribution in [0.15, 0.2) is 5.51 Å². The molecule has 0 aromatic carbocycles. The monoisotopic (exact) mass is 268 g/mol. The van der Waals surface area contributed by atoms with Gasteiger partial charge in [0.15, 0.2) is 0 Å². The van der Waals surface area contributed by atoms with E-state index in [1.165, 1.54) is 11.3 Å². The number of aryl methyl sites for hydroxylation is 1. The van der Waals surface area contributed by atoms with Crippen molar-refractivity contribution in [1.29, 1.82) is 0 Å². The van der Waals surface area contributed by atoms with Gasteiger partial charge in [-0.3, -0.25) is 9.59 Å². The summed E-state index contributed by atoms with van der Waals surface area (Å²) in [5.74, 6) is -0.413. The Balaban J connectivity index is 1.91. The Morgan fingerprint density at radius 1 is 1.61 bits per heavy atom. The third-order valence-corrected chi connectivity index (χ3v) is 4.20. The van der Waals surface area contributed by atoms with E-state index in [0.29, 0.717) is 23.8 Å². The molecule has 6 heteroatoms. The van der Waals surface area contributed by atoms with Crippen LogP contribution >= 0.6 is 11.3 Å². The number of rotatable bonds is 4. The highest BCUT2D eigenvalue weighted by molar-refractivity contribution is 7.11. The topological polar surface area (TPSA) is 70.5 Å². The van der Waals surface area contributed by atoms with Gasteiger partial charge in [0.25, 0.3) is 5.91 Å². The lowest BCUT2D eigenvalue weighted by atomic mass is 10.0. The Hall–Kier alpha value is -1.43. The summed E-state index contributed by atoms with van der Waals surface area (Å²) in [5.41, 5.74) is 2.46. The number of amides is 1. The molecule has 0 saturated carbocycles. The molecule has 18 heavy (non-hydrogen) atoms. The number of aliphatic carboxylic acids is 1. The summed E-state index contributed by atoms with van der Waals surface area (Å²) in [6.45, 7) is 3.23. The van der Waals surface area contributed by atoms with E-state index in [9.17, 15) is 9.59 Å². The molecule has 1 amide bonds. The number of carboxylic acid groups (broad SMARTS) is 1.